The van der Waals surface area contributed by atoms with Crippen molar-refractivity contribution >= 4 is 5.65 Å². The highest BCUT2D eigenvalue weighted by Gasteiger charge is 1.96. The van der Waals surface area contributed by atoms with Crippen LogP contribution in [0.1, 0.15) is 12.5 Å². The van der Waals surface area contributed by atoms with Gasteiger partial charge in [-0.25, -0.2) is 9.50 Å². The Labute approximate surface area is 76.6 Å². The zero-order valence-corrected chi connectivity index (χ0v) is 7.57. The van der Waals surface area contributed by atoms with E-state index in [0.717, 1.165) is 24.3 Å². The number of nitrogens with zero attached hydrogens (tertiary/aromatic N) is 3. The summed E-state index contributed by atoms with van der Waals surface area (Å²) in [4.78, 5) is 4.25. The summed E-state index contributed by atoms with van der Waals surface area (Å²) in [5.74, 6) is 0. The average Bonchev–Trinajstić information content (AvgIpc) is 2.61. The minimum absolute atomic E-state index is 0.847. The van der Waals surface area contributed by atoms with Gasteiger partial charge in [0, 0.05) is 30.6 Å². The Kier molecular flexibility index (Phi) is 2.23. The van der Waals surface area contributed by atoms with Crippen LogP contribution < -0.4 is 5.32 Å². The second kappa shape index (κ2) is 3.53. The van der Waals surface area contributed by atoms with Gasteiger partial charge in [0.1, 0.15) is 0 Å². The quantitative estimate of drug-likeness (QED) is 0.753. The molecule has 0 aliphatic carbocycles. The molecular formula is C9H12N4. The second-order valence-electron chi connectivity index (χ2n) is 2.88. The van der Waals surface area contributed by atoms with Crippen LogP contribution in [0.3, 0.4) is 0 Å². The largest absolute Gasteiger partial charge is 0.313 e. The second-order valence-corrected chi connectivity index (χ2v) is 2.88. The number of fused-ring (bicyclic) bond motifs is 1. The Morgan fingerprint density at radius 2 is 2.46 bits per heavy atom. The maximum absolute atomic E-state index is 4.25. The highest BCUT2D eigenvalue weighted by Crippen LogP contribution is 2.00. The normalized spacial score (nSPS) is 10.8. The van der Waals surface area contributed by atoms with Gasteiger partial charge in [-0.1, -0.05) is 6.92 Å². The summed E-state index contributed by atoms with van der Waals surface area (Å²) < 4.78 is 1.78. The lowest BCUT2D eigenvalue weighted by Gasteiger charge is -2.01. The summed E-state index contributed by atoms with van der Waals surface area (Å²) in [6, 6.07) is 1.89. The standard InChI is InChI=1S/C9H12N4/c1-2-10-5-8-6-11-9-3-4-12-13(9)7-8/h3-4,6-7,10H,2,5H2,1H3. The van der Waals surface area contributed by atoms with E-state index in [4.69, 9.17) is 0 Å². The van der Waals surface area contributed by atoms with Gasteiger partial charge in [-0.2, -0.15) is 5.10 Å². The Balaban J connectivity index is 2.26. The van der Waals surface area contributed by atoms with Crippen molar-refractivity contribution < 1.29 is 0 Å². The summed E-state index contributed by atoms with van der Waals surface area (Å²) in [6.45, 7) is 3.90. The van der Waals surface area contributed by atoms with Crippen molar-refractivity contribution in [2.24, 2.45) is 0 Å². The third kappa shape index (κ3) is 1.67. The van der Waals surface area contributed by atoms with Gasteiger partial charge in [0.15, 0.2) is 5.65 Å². The average molecular weight is 176 g/mol. The first-order valence-corrected chi connectivity index (χ1v) is 4.39. The Morgan fingerprint density at radius 3 is 3.31 bits per heavy atom. The molecule has 2 aromatic rings. The van der Waals surface area contributed by atoms with Crippen LogP contribution >= 0.6 is 0 Å². The van der Waals surface area contributed by atoms with E-state index in [1.54, 1.807) is 10.7 Å². The molecule has 0 fully saturated rings. The van der Waals surface area contributed by atoms with E-state index in [2.05, 4.69) is 22.3 Å². The topological polar surface area (TPSA) is 42.2 Å². The van der Waals surface area contributed by atoms with Crippen molar-refractivity contribution in [3.05, 3.63) is 30.2 Å². The van der Waals surface area contributed by atoms with Gasteiger partial charge in [0.25, 0.3) is 0 Å². The molecule has 13 heavy (non-hydrogen) atoms. The van der Waals surface area contributed by atoms with E-state index >= 15 is 0 Å². The van der Waals surface area contributed by atoms with Crippen molar-refractivity contribution in [1.29, 1.82) is 0 Å². The fraction of sp³-hybridized carbons (Fsp3) is 0.333. The molecule has 2 aromatic heterocycles. The first-order valence-electron chi connectivity index (χ1n) is 4.39. The van der Waals surface area contributed by atoms with Crippen molar-refractivity contribution in [3.63, 3.8) is 0 Å². The minimum Gasteiger partial charge on any atom is -0.313 e. The molecule has 1 N–H and O–H groups in total. The van der Waals surface area contributed by atoms with Gasteiger partial charge in [-0.15, -0.1) is 0 Å². The predicted molar refractivity (Wildman–Crippen MR) is 50.4 cm³/mol. The van der Waals surface area contributed by atoms with E-state index in [-0.39, 0.29) is 0 Å². The molecule has 0 radical (unpaired) electrons. The molecule has 0 bridgehead atoms. The van der Waals surface area contributed by atoms with E-state index in [1.807, 2.05) is 18.5 Å². The van der Waals surface area contributed by atoms with Gasteiger partial charge in [0.05, 0.1) is 6.20 Å². The molecule has 0 aliphatic rings. The van der Waals surface area contributed by atoms with Gasteiger partial charge in [-0.3, -0.25) is 0 Å². The zero-order valence-electron chi connectivity index (χ0n) is 7.57. The van der Waals surface area contributed by atoms with E-state index in [1.165, 1.54) is 0 Å². The number of rotatable bonds is 3. The van der Waals surface area contributed by atoms with Gasteiger partial charge < -0.3 is 5.32 Å². The summed E-state index contributed by atoms with van der Waals surface area (Å²) in [7, 11) is 0. The fourth-order valence-electron chi connectivity index (χ4n) is 1.21. The van der Waals surface area contributed by atoms with Crippen LogP contribution in [0.25, 0.3) is 5.65 Å². The van der Waals surface area contributed by atoms with Crippen molar-refractivity contribution in [2.75, 3.05) is 6.54 Å². The number of hydrogen-bond acceptors (Lipinski definition) is 3. The van der Waals surface area contributed by atoms with Crippen LogP contribution in [0, 0.1) is 0 Å². The molecule has 4 heteroatoms. The van der Waals surface area contributed by atoms with E-state index < -0.39 is 0 Å². The van der Waals surface area contributed by atoms with Crippen LogP contribution in [0.15, 0.2) is 24.7 Å². The highest BCUT2D eigenvalue weighted by atomic mass is 15.2. The molecule has 0 saturated carbocycles. The Hall–Kier alpha value is -1.42. The molecule has 0 atom stereocenters. The summed E-state index contributed by atoms with van der Waals surface area (Å²) in [5, 5.41) is 7.35. The zero-order chi connectivity index (χ0) is 9.10. The molecular weight excluding hydrogens is 164 g/mol. The lowest BCUT2D eigenvalue weighted by Crippen LogP contribution is -2.12. The molecule has 0 aromatic carbocycles. The maximum Gasteiger partial charge on any atom is 0.154 e. The highest BCUT2D eigenvalue weighted by molar-refractivity contribution is 5.35. The van der Waals surface area contributed by atoms with Gasteiger partial charge in [-0.05, 0) is 6.54 Å². The van der Waals surface area contributed by atoms with Gasteiger partial charge >= 0.3 is 0 Å². The summed E-state index contributed by atoms with van der Waals surface area (Å²) in [6.07, 6.45) is 5.62. The first-order chi connectivity index (χ1) is 6.40. The molecule has 2 heterocycles. The van der Waals surface area contributed by atoms with Crippen molar-refractivity contribution in [1.82, 2.24) is 19.9 Å². The maximum atomic E-state index is 4.25. The molecule has 2 rings (SSSR count). The van der Waals surface area contributed by atoms with Gasteiger partial charge in [0.2, 0.25) is 0 Å². The molecule has 0 spiro atoms. The third-order valence-electron chi connectivity index (χ3n) is 1.88. The van der Waals surface area contributed by atoms with Crippen LogP contribution in [-0.2, 0) is 6.54 Å². The van der Waals surface area contributed by atoms with Crippen LogP contribution in [0.5, 0.6) is 0 Å². The van der Waals surface area contributed by atoms with Crippen LogP contribution in [0.4, 0.5) is 0 Å². The minimum atomic E-state index is 0.847. The lowest BCUT2D eigenvalue weighted by atomic mass is 10.3. The summed E-state index contributed by atoms with van der Waals surface area (Å²) in [5.41, 5.74) is 2.04. The third-order valence-corrected chi connectivity index (χ3v) is 1.88. The van der Waals surface area contributed by atoms with Crippen molar-refractivity contribution in [2.45, 2.75) is 13.5 Å². The number of aromatic nitrogens is 3. The molecule has 0 amide bonds. The van der Waals surface area contributed by atoms with Crippen LogP contribution in [-0.4, -0.2) is 21.1 Å². The molecule has 0 unspecified atom stereocenters. The monoisotopic (exact) mass is 176 g/mol. The Morgan fingerprint density at radius 1 is 1.54 bits per heavy atom. The number of nitrogens with one attached hydrogen (secondary N) is 1. The SMILES string of the molecule is CCNCc1cnc2ccnn2c1. The van der Waals surface area contributed by atoms with E-state index in [0.29, 0.717) is 0 Å². The fourth-order valence-corrected chi connectivity index (χ4v) is 1.21. The number of hydrogen-bond donors (Lipinski definition) is 1. The lowest BCUT2D eigenvalue weighted by molar-refractivity contribution is 0.717. The molecule has 0 aliphatic heterocycles. The molecule has 4 nitrogen and oxygen atoms in total. The smallest absolute Gasteiger partial charge is 0.154 e. The van der Waals surface area contributed by atoms with Crippen molar-refractivity contribution in [3.8, 4) is 0 Å². The van der Waals surface area contributed by atoms with E-state index in [9.17, 15) is 0 Å². The van der Waals surface area contributed by atoms with Crippen LogP contribution in [0.2, 0.25) is 0 Å². The molecule has 0 saturated heterocycles. The first kappa shape index (κ1) is 8.19. The summed E-state index contributed by atoms with van der Waals surface area (Å²) >= 11 is 0. The predicted octanol–water partition coefficient (Wildman–Crippen LogP) is 0.839. The Bertz CT molecular complexity index is 393. The molecule has 68 valence electrons.